The Balaban J connectivity index is 0.00000361. The Labute approximate surface area is 266 Å². The van der Waals surface area contributed by atoms with Crippen LogP contribution in [-0.2, 0) is 26.8 Å². The van der Waals surface area contributed by atoms with E-state index < -0.39 is 31.7 Å². The van der Waals surface area contributed by atoms with Gasteiger partial charge >= 0.3 is 51.4 Å². The Morgan fingerprint density at radius 1 is 1.03 bits per heavy atom. The molecule has 1 aliphatic heterocycles. The third-order valence-corrected chi connectivity index (χ3v) is 9.41. The van der Waals surface area contributed by atoms with Crippen molar-refractivity contribution in [2.24, 2.45) is 0 Å². The number of hydrogen-bond acceptors (Lipinski definition) is 9. The van der Waals surface area contributed by atoms with Gasteiger partial charge in [0.05, 0.1) is 37.0 Å². The molecule has 4 rings (SSSR count). The summed E-state index contributed by atoms with van der Waals surface area (Å²) in [4.78, 5) is 3.02. The monoisotopic (exact) mass is 612 g/mol. The van der Waals surface area contributed by atoms with E-state index in [1.165, 1.54) is 23.1 Å². The summed E-state index contributed by atoms with van der Waals surface area (Å²) in [5.41, 5.74) is 2.83. The molecule has 0 radical (unpaired) electrons. The van der Waals surface area contributed by atoms with E-state index in [2.05, 4.69) is 0 Å². The zero-order chi connectivity index (χ0) is 25.4. The van der Waals surface area contributed by atoms with Crippen molar-refractivity contribution < 1.29 is 81.9 Å². The molecule has 0 aliphatic carbocycles. The van der Waals surface area contributed by atoms with Crippen LogP contribution < -0.4 is 60.9 Å². The Kier molecular flexibility index (Phi) is 10.5. The number of anilines is 1. The number of thioether (sulfide) groups is 1. The molecule has 0 saturated carbocycles. The second-order valence-electron chi connectivity index (χ2n) is 8.14. The predicted octanol–water partition coefficient (Wildman–Crippen LogP) is 0.936. The molecule has 0 saturated heterocycles. The minimum Gasteiger partial charge on any atom is -0.748 e. The Morgan fingerprint density at radius 2 is 1.72 bits per heavy atom. The SMILES string of the molecule is Cc1ccc2c(c1)N(CCCS(=O)(=O)[O-])C(=Cc1sc3ccc(Cl)cc3[n+]1CCCS(=O)(=O)[O-])S2.[K+]. The van der Waals surface area contributed by atoms with Crippen LogP contribution in [0.15, 0.2) is 46.3 Å². The molecule has 0 bridgehead atoms. The molecule has 2 aromatic carbocycles. The van der Waals surface area contributed by atoms with Crippen molar-refractivity contribution in [3.8, 4) is 0 Å². The van der Waals surface area contributed by atoms with Gasteiger partial charge in [-0.1, -0.05) is 40.8 Å². The minimum absolute atomic E-state index is 0. The van der Waals surface area contributed by atoms with Crippen LogP contribution in [0.2, 0.25) is 5.02 Å². The summed E-state index contributed by atoms with van der Waals surface area (Å²) in [5, 5.41) is 2.23. The normalized spacial score (nSPS) is 14.9. The molecule has 1 aliphatic rings. The van der Waals surface area contributed by atoms with Gasteiger partial charge in [-0.2, -0.15) is 4.57 Å². The second-order valence-corrected chi connectivity index (χ2v) is 13.8. The van der Waals surface area contributed by atoms with E-state index in [1.807, 2.05) is 46.7 Å². The summed E-state index contributed by atoms with van der Waals surface area (Å²) in [6.07, 6.45) is 2.30. The van der Waals surface area contributed by atoms with E-state index in [0.717, 1.165) is 36.4 Å². The maximum absolute atomic E-state index is 11.1. The van der Waals surface area contributed by atoms with E-state index in [-0.39, 0.29) is 64.2 Å². The topological polar surface area (TPSA) is 122 Å². The van der Waals surface area contributed by atoms with Crippen LogP contribution in [0.4, 0.5) is 5.69 Å². The van der Waals surface area contributed by atoms with Crippen LogP contribution in [0.25, 0.3) is 16.3 Å². The Bertz CT molecular complexity index is 1520. The molecular weight excluding hydrogens is 591 g/mol. The maximum atomic E-state index is 11.1. The fraction of sp³-hybridized carbons (Fsp3) is 0.318. The first-order valence-electron chi connectivity index (χ1n) is 10.7. The van der Waals surface area contributed by atoms with Gasteiger partial charge in [-0.25, -0.2) is 16.8 Å². The fourth-order valence-corrected chi connectivity index (χ4v) is 7.28. The molecule has 0 fully saturated rings. The molecule has 2 heterocycles. The number of hydrogen-bond donors (Lipinski definition) is 0. The van der Waals surface area contributed by atoms with Gasteiger partial charge < -0.3 is 14.0 Å². The van der Waals surface area contributed by atoms with Gasteiger partial charge in [0.2, 0.25) is 5.52 Å². The molecule has 0 atom stereocenters. The molecule has 0 unspecified atom stereocenters. The van der Waals surface area contributed by atoms with E-state index >= 15 is 0 Å². The summed E-state index contributed by atoms with van der Waals surface area (Å²) in [6.45, 7) is 2.63. The number of aromatic nitrogens is 1. The zero-order valence-electron chi connectivity index (χ0n) is 19.6. The number of nitrogens with zero attached hydrogens (tertiary/aromatic N) is 2. The van der Waals surface area contributed by atoms with Crippen LogP contribution in [-0.4, -0.2) is 44.0 Å². The maximum Gasteiger partial charge on any atom is 1.00 e. The van der Waals surface area contributed by atoms with Gasteiger partial charge in [-0.3, -0.25) is 0 Å². The van der Waals surface area contributed by atoms with Crippen molar-refractivity contribution in [1.29, 1.82) is 0 Å². The van der Waals surface area contributed by atoms with Gasteiger partial charge in [0.1, 0.15) is 4.70 Å². The van der Waals surface area contributed by atoms with Crippen molar-refractivity contribution in [3.63, 3.8) is 0 Å². The summed E-state index contributed by atoms with van der Waals surface area (Å²) in [7, 11) is -8.65. The molecule has 1 aromatic heterocycles. The predicted molar refractivity (Wildman–Crippen MR) is 138 cm³/mol. The van der Waals surface area contributed by atoms with Crippen molar-refractivity contribution in [1.82, 2.24) is 0 Å². The molecule has 8 nitrogen and oxygen atoms in total. The molecule has 0 amide bonds. The standard InChI is InChI=1S/C22H23ClN2O6S4.K/c1-15-4-6-19-17(12-15)24(8-2-10-34(26,27)28)21(32-19)14-22-25(9-3-11-35(29,30)31)18-13-16(23)5-7-20(18)33-22;/h4-7,12-14H,2-3,8-11H2,1H3,(H-,26,27,28,29,30,31);/q;+1/p-1. The van der Waals surface area contributed by atoms with Crippen molar-refractivity contribution in [3.05, 3.63) is 57.0 Å². The average Bonchev–Trinajstić information content (AvgIpc) is 3.24. The van der Waals surface area contributed by atoms with Crippen LogP contribution in [0, 0.1) is 6.92 Å². The number of benzene rings is 2. The third kappa shape index (κ3) is 7.99. The first-order valence-corrected chi connectivity index (χ1v) is 15.8. The van der Waals surface area contributed by atoms with Crippen molar-refractivity contribution in [2.75, 3.05) is 23.0 Å². The van der Waals surface area contributed by atoms with Crippen LogP contribution in [0.1, 0.15) is 23.4 Å². The number of aryl methyl sites for hydroxylation is 2. The smallest absolute Gasteiger partial charge is 0.748 e. The first-order chi connectivity index (χ1) is 16.4. The number of rotatable bonds is 9. The molecular formula is C22H22ClKN2O6S4. The zero-order valence-corrected chi connectivity index (χ0v) is 26.8. The second kappa shape index (κ2) is 12.4. The number of halogens is 1. The molecule has 14 heteroatoms. The van der Waals surface area contributed by atoms with Crippen LogP contribution in [0.5, 0.6) is 0 Å². The largest absolute Gasteiger partial charge is 1.00 e. The van der Waals surface area contributed by atoms with E-state index in [4.69, 9.17) is 11.6 Å². The van der Waals surface area contributed by atoms with Crippen LogP contribution >= 0.6 is 34.7 Å². The van der Waals surface area contributed by atoms with Gasteiger partial charge in [0.15, 0.2) is 6.54 Å². The molecule has 188 valence electrons. The fourth-order valence-electron chi connectivity index (χ4n) is 3.87. The van der Waals surface area contributed by atoms with Gasteiger partial charge in [0.25, 0.3) is 5.01 Å². The summed E-state index contributed by atoms with van der Waals surface area (Å²) < 4.78 is 69.8. The first kappa shape index (κ1) is 30.5. The van der Waals surface area contributed by atoms with Gasteiger partial charge in [0, 0.05) is 40.5 Å². The quantitative estimate of drug-likeness (QED) is 0.199. The molecule has 3 aromatic rings. The summed E-state index contributed by atoms with van der Waals surface area (Å²) >= 11 is 9.25. The van der Waals surface area contributed by atoms with Crippen LogP contribution in [0.3, 0.4) is 0 Å². The Hall–Kier alpha value is -0.0336. The van der Waals surface area contributed by atoms with Crippen molar-refractivity contribution in [2.45, 2.75) is 31.2 Å². The Morgan fingerprint density at radius 3 is 2.42 bits per heavy atom. The molecule has 0 spiro atoms. The van der Waals surface area contributed by atoms with E-state index in [1.54, 1.807) is 12.1 Å². The summed E-state index contributed by atoms with van der Waals surface area (Å²) in [5.74, 6) is -0.920. The molecule has 36 heavy (non-hydrogen) atoms. The minimum atomic E-state index is -4.33. The van der Waals surface area contributed by atoms with Gasteiger partial charge in [-0.05, 0) is 43.2 Å². The third-order valence-electron chi connectivity index (χ3n) is 5.38. The summed E-state index contributed by atoms with van der Waals surface area (Å²) in [6, 6.07) is 11.5. The number of thiazole rings is 1. The average molecular weight is 613 g/mol. The van der Waals surface area contributed by atoms with E-state index in [9.17, 15) is 25.9 Å². The van der Waals surface area contributed by atoms with Gasteiger partial charge in [-0.15, -0.1) is 0 Å². The molecule has 0 N–H and O–H groups in total. The van der Waals surface area contributed by atoms with E-state index in [0.29, 0.717) is 18.1 Å². The number of fused-ring (bicyclic) bond motifs is 2. The van der Waals surface area contributed by atoms with Crippen molar-refractivity contribution >= 4 is 76.9 Å².